The second-order valence-electron chi connectivity index (χ2n) is 4.88. The molecule has 2 rings (SSSR count). The molecule has 2 aromatic rings. The number of aromatic nitrogens is 3. The Bertz CT molecular complexity index is 457. The van der Waals surface area contributed by atoms with Crippen molar-refractivity contribution in [1.29, 1.82) is 0 Å². The molecule has 1 aromatic carbocycles. The summed E-state index contributed by atoms with van der Waals surface area (Å²) in [5.74, 6) is 0. The van der Waals surface area contributed by atoms with Gasteiger partial charge >= 0.3 is 0 Å². The highest BCUT2D eigenvalue weighted by molar-refractivity contribution is 7.26. The molecule has 1 aromatic heterocycles. The van der Waals surface area contributed by atoms with Crippen LogP contribution in [0.1, 0.15) is 31.8 Å². The topological polar surface area (TPSA) is 30.7 Å². The van der Waals surface area contributed by atoms with E-state index in [0.717, 1.165) is 20.3 Å². The fourth-order valence-electron chi connectivity index (χ4n) is 1.36. The number of hydrogen-bond donors (Lipinski definition) is 0. The van der Waals surface area contributed by atoms with Crippen LogP contribution in [0.15, 0.2) is 30.3 Å². The first-order valence-corrected chi connectivity index (χ1v) is 6.22. The van der Waals surface area contributed by atoms with Crippen molar-refractivity contribution < 1.29 is 0 Å². The Morgan fingerprint density at radius 3 is 2.44 bits per heavy atom. The van der Waals surface area contributed by atoms with Gasteiger partial charge in [0.05, 0.1) is 14.9 Å². The van der Waals surface area contributed by atoms with Gasteiger partial charge in [0.25, 0.3) is 0 Å². The molecule has 16 heavy (non-hydrogen) atoms. The first-order chi connectivity index (χ1) is 7.55. The van der Waals surface area contributed by atoms with Crippen molar-refractivity contribution in [2.24, 2.45) is 0 Å². The molecule has 1 heterocycles. The van der Waals surface area contributed by atoms with E-state index >= 15 is 0 Å². The normalized spacial score (nSPS) is 12.2. The van der Waals surface area contributed by atoms with E-state index in [-0.39, 0.29) is 5.41 Å². The Hall–Kier alpha value is -1.21. The molecule has 0 bridgehead atoms. The van der Waals surface area contributed by atoms with Gasteiger partial charge in [0.2, 0.25) is 0 Å². The molecule has 3 nitrogen and oxygen atoms in total. The van der Waals surface area contributed by atoms with E-state index in [1.807, 2.05) is 22.6 Å². The summed E-state index contributed by atoms with van der Waals surface area (Å²) in [4.78, 5) is 0. The van der Waals surface area contributed by atoms with Crippen LogP contribution in [-0.2, 0) is 12.0 Å². The largest absolute Gasteiger partial charge is 0.223 e. The average Bonchev–Trinajstić information content (AvgIpc) is 2.67. The van der Waals surface area contributed by atoms with Crippen LogP contribution >= 0.6 is 8.35 Å². The third kappa shape index (κ3) is 2.67. The molecule has 0 spiro atoms. The van der Waals surface area contributed by atoms with Crippen molar-refractivity contribution in [3.63, 3.8) is 0 Å². The van der Waals surface area contributed by atoms with Gasteiger partial charge in [-0.2, -0.15) is 0 Å². The van der Waals surface area contributed by atoms with E-state index < -0.39 is 0 Å². The van der Waals surface area contributed by atoms with Gasteiger partial charge in [0.15, 0.2) is 0 Å². The molecule has 4 heteroatoms. The SMILES string of the molecule is CC(C)(C)c1nnn(Cc2ccccc2)p1. The Kier molecular flexibility index (Phi) is 3.06. The molecule has 0 N–H and O–H groups in total. The van der Waals surface area contributed by atoms with Gasteiger partial charge in [0.1, 0.15) is 5.43 Å². The summed E-state index contributed by atoms with van der Waals surface area (Å²) in [6, 6.07) is 10.3. The first kappa shape index (κ1) is 11.3. The summed E-state index contributed by atoms with van der Waals surface area (Å²) < 4.78 is 1.98. The lowest BCUT2D eigenvalue weighted by atomic mass is 9.98. The summed E-state index contributed by atoms with van der Waals surface area (Å²) >= 11 is 0. The predicted molar refractivity (Wildman–Crippen MR) is 66.8 cm³/mol. The molecule has 0 aliphatic rings. The minimum absolute atomic E-state index is 0.108. The molecule has 0 aliphatic carbocycles. The zero-order valence-electron chi connectivity index (χ0n) is 9.88. The van der Waals surface area contributed by atoms with Gasteiger partial charge in [-0.3, -0.25) is 0 Å². The number of rotatable bonds is 2. The molecule has 0 aliphatic heterocycles. The Morgan fingerprint density at radius 1 is 1.19 bits per heavy atom. The van der Waals surface area contributed by atoms with E-state index in [4.69, 9.17) is 0 Å². The summed E-state index contributed by atoms with van der Waals surface area (Å²) in [7, 11) is 1.11. The minimum Gasteiger partial charge on any atom is -0.223 e. The van der Waals surface area contributed by atoms with E-state index in [1.54, 1.807) is 0 Å². The maximum atomic E-state index is 4.24. The van der Waals surface area contributed by atoms with Gasteiger partial charge in [0, 0.05) is 5.41 Å². The molecule has 0 saturated heterocycles. The standard InChI is InChI=1S/C12H16N3P/c1-12(2,3)11-13-14-15(16-11)9-10-7-5-4-6-8-10/h4-8H,9H2,1-3H3. The monoisotopic (exact) mass is 233 g/mol. The lowest BCUT2D eigenvalue weighted by Gasteiger charge is -2.12. The van der Waals surface area contributed by atoms with Crippen LogP contribution < -0.4 is 0 Å². The quantitative estimate of drug-likeness (QED) is 0.797. The van der Waals surface area contributed by atoms with Crippen LogP contribution in [0.3, 0.4) is 0 Å². The molecule has 84 valence electrons. The number of nitrogens with zero attached hydrogens (tertiary/aromatic N) is 3. The maximum absolute atomic E-state index is 4.24. The fraction of sp³-hybridized carbons (Fsp3) is 0.417. The Balaban J connectivity index is 2.15. The van der Waals surface area contributed by atoms with Crippen LogP contribution in [0.5, 0.6) is 0 Å². The molecule has 0 saturated carbocycles. The van der Waals surface area contributed by atoms with Gasteiger partial charge in [-0.15, -0.1) is 5.10 Å². The first-order valence-electron chi connectivity index (χ1n) is 5.38. The van der Waals surface area contributed by atoms with E-state index in [2.05, 4.69) is 43.2 Å². The van der Waals surface area contributed by atoms with E-state index in [0.29, 0.717) is 0 Å². The third-order valence-corrected chi connectivity index (χ3v) is 3.69. The maximum Gasteiger partial charge on any atom is 0.115 e. The zero-order valence-corrected chi connectivity index (χ0v) is 10.8. The lowest BCUT2D eigenvalue weighted by molar-refractivity contribution is 0.571. The summed E-state index contributed by atoms with van der Waals surface area (Å²) in [5, 5.41) is 8.43. The minimum atomic E-state index is 0.108. The highest BCUT2D eigenvalue weighted by atomic mass is 31.0. The highest BCUT2D eigenvalue weighted by Crippen LogP contribution is 2.26. The van der Waals surface area contributed by atoms with Gasteiger partial charge in [-0.1, -0.05) is 56.3 Å². The van der Waals surface area contributed by atoms with Crippen LogP contribution in [0.25, 0.3) is 0 Å². The Morgan fingerprint density at radius 2 is 1.88 bits per heavy atom. The van der Waals surface area contributed by atoms with E-state index in [1.165, 1.54) is 5.56 Å². The molecule has 0 unspecified atom stereocenters. The van der Waals surface area contributed by atoms with Crippen LogP contribution in [-0.4, -0.2) is 14.8 Å². The average molecular weight is 233 g/mol. The second-order valence-corrected chi connectivity index (χ2v) is 5.96. The van der Waals surface area contributed by atoms with Crippen molar-refractivity contribution in [3.8, 4) is 0 Å². The molecule has 0 amide bonds. The van der Waals surface area contributed by atoms with Gasteiger partial charge < -0.3 is 0 Å². The molecule has 0 atom stereocenters. The lowest BCUT2D eigenvalue weighted by Crippen LogP contribution is -2.09. The van der Waals surface area contributed by atoms with Crippen LogP contribution in [0.4, 0.5) is 0 Å². The van der Waals surface area contributed by atoms with E-state index in [9.17, 15) is 0 Å². The van der Waals surface area contributed by atoms with Crippen LogP contribution in [0.2, 0.25) is 0 Å². The molecular formula is C12H16N3P. The molecular weight excluding hydrogens is 217 g/mol. The molecule has 0 fully saturated rings. The summed E-state index contributed by atoms with van der Waals surface area (Å²) in [6.07, 6.45) is 0. The van der Waals surface area contributed by atoms with Gasteiger partial charge in [-0.25, -0.2) is 4.44 Å². The third-order valence-electron chi connectivity index (χ3n) is 2.29. The fourth-order valence-corrected chi connectivity index (χ4v) is 2.27. The Labute approximate surface area is 97.7 Å². The van der Waals surface area contributed by atoms with Crippen molar-refractivity contribution in [2.75, 3.05) is 0 Å². The van der Waals surface area contributed by atoms with Crippen molar-refractivity contribution in [2.45, 2.75) is 32.7 Å². The smallest absolute Gasteiger partial charge is 0.115 e. The summed E-state index contributed by atoms with van der Waals surface area (Å²) in [6.45, 7) is 7.33. The molecule has 0 radical (unpaired) electrons. The highest BCUT2D eigenvalue weighted by Gasteiger charge is 2.18. The number of benzene rings is 1. The predicted octanol–water partition coefficient (Wildman–Crippen LogP) is 3.20. The number of hydrogen-bond acceptors (Lipinski definition) is 2. The van der Waals surface area contributed by atoms with Crippen molar-refractivity contribution in [3.05, 3.63) is 41.3 Å². The zero-order chi connectivity index (χ0) is 11.6. The van der Waals surface area contributed by atoms with Gasteiger partial charge in [-0.05, 0) is 5.56 Å². The van der Waals surface area contributed by atoms with Crippen molar-refractivity contribution in [1.82, 2.24) is 14.8 Å². The second kappa shape index (κ2) is 4.34. The summed E-state index contributed by atoms with van der Waals surface area (Å²) in [5.41, 5.74) is 2.50. The van der Waals surface area contributed by atoms with Crippen molar-refractivity contribution >= 4 is 8.35 Å². The van der Waals surface area contributed by atoms with Crippen LogP contribution in [0, 0.1) is 0 Å².